The van der Waals surface area contributed by atoms with Crippen molar-refractivity contribution in [2.75, 3.05) is 0 Å². The van der Waals surface area contributed by atoms with Crippen LogP contribution in [0.4, 0.5) is 4.39 Å². The Hall–Kier alpha value is -1.13. The largest absolute Gasteiger partial charge is 0.392 e. The third-order valence-electron chi connectivity index (χ3n) is 3.34. The average Bonchev–Trinajstić information content (AvgIpc) is 2.48. The third kappa shape index (κ3) is 4.17. The van der Waals surface area contributed by atoms with Crippen molar-refractivity contribution < 1.29 is 9.50 Å². The molecule has 0 amide bonds. The van der Waals surface area contributed by atoms with E-state index in [1.165, 1.54) is 6.07 Å². The molecule has 0 fully saturated rings. The Kier molecular flexibility index (Phi) is 5.59. The van der Waals surface area contributed by atoms with Crippen molar-refractivity contribution in [1.29, 1.82) is 0 Å². The van der Waals surface area contributed by atoms with Gasteiger partial charge in [0, 0.05) is 18.2 Å². The van der Waals surface area contributed by atoms with Gasteiger partial charge in [-0.1, -0.05) is 35.3 Å². The number of aliphatic hydroxyl groups is 1. The zero-order chi connectivity index (χ0) is 15.4. The molecule has 2 aromatic carbocycles. The lowest BCUT2D eigenvalue weighted by Gasteiger charge is -2.15. The molecular formula is C16H16Cl2FNO. The number of nitrogens with one attached hydrogen (secondary N) is 1. The minimum Gasteiger partial charge on any atom is -0.392 e. The van der Waals surface area contributed by atoms with E-state index in [0.29, 0.717) is 22.2 Å². The van der Waals surface area contributed by atoms with Gasteiger partial charge in [0.25, 0.3) is 0 Å². The van der Waals surface area contributed by atoms with Gasteiger partial charge in [0.15, 0.2) is 0 Å². The normalized spacial score (nSPS) is 12.4. The molecule has 0 aliphatic heterocycles. The molecule has 2 rings (SSSR count). The molecule has 2 nitrogen and oxygen atoms in total. The van der Waals surface area contributed by atoms with E-state index in [0.717, 1.165) is 11.1 Å². The lowest BCUT2D eigenvalue weighted by atomic mass is 10.1. The fourth-order valence-electron chi connectivity index (χ4n) is 2.03. The van der Waals surface area contributed by atoms with Crippen LogP contribution < -0.4 is 5.32 Å². The van der Waals surface area contributed by atoms with Crippen LogP contribution in [0.2, 0.25) is 10.0 Å². The molecule has 0 aromatic heterocycles. The molecule has 21 heavy (non-hydrogen) atoms. The molecule has 112 valence electrons. The molecule has 0 saturated heterocycles. The zero-order valence-corrected chi connectivity index (χ0v) is 13.0. The number of aliphatic hydroxyl groups excluding tert-OH is 1. The highest BCUT2D eigenvalue weighted by Crippen LogP contribution is 2.25. The van der Waals surface area contributed by atoms with E-state index in [2.05, 4.69) is 5.32 Å². The lowest BCUT2D eigenvalue weighted by molar-refractivity contribution is 0.275. The van der Waals surface area contributed by atoms with Gasteiger partial charge < -0.3 is 10.4 Å². The molecule has 0 heterocycles. The molecule has 1 atom stereocenters. The third-order valence-corrected chi connectivity index (χ3v) is 4.08. The quantitative estimate of drug-likeness (QED) is 0.848. The van der Waals surface area contributed by atoms with Crippen LogP contribution in [0.3, 0.4) is 0 Å². The summed E-state index contributed by atoms with van der Waals surface area (Å²) >= 11 is 11.9. The molecule has 1 unspecified atom stereocenters. The van der Waals surface area contributed by atoms with E-state index < -0.39 is 5.82 Å². The van der Waals surface area contributed by atoms with E-state index >= 15 is 0 Å². The highest BCUT2D eigenvalue weighted by atomic mass is 35.5. The molecular weight excluding hydrogens is 312 g/mol. The van der Waals surface area contributed by atoms with Crippen LogP contribution in [0.5, 0.6) is 0 Å². The first-order chi connectivity index (χ1) is 10.0. The summed E-state index contributed by atoms with van der Waals surface area (Å²) in [5, 5.41) is 13.4. The predicted octanol–water partition coefficient (Wildman–Crippen LogP) is 4.48. The number of hydrogen-bond acceptors (Lipinski definition) is 2. The number of rotatable bonds is 5. The van der Waals surface area contributed by atoms with Crippen molar-refractivity contribution in [1.82, 2.24) is 5.32 Å². The molecule has 0 spiro atoms. The minimum absolute atomic E-state index is 0.0717. The van der Waals surface area contributed by atoms with Gasteiger partial charge in [-0.15, -0.1) is 0 Å². The Morgan fingerprint density at radius 1 is 1.14 bits per heavy atom. The summed E-state index contributed by atoms with van der Waals surface area (Å²) in [4.78, 5) is 0. The van der Waals surface area contributed by atoms with Gasteiger partial charge in [-0.05, 0) is 42.3 Å². The van der Waals surface area contributed by atoms with Crippen molar-refractivity contribution in [3.63, 3.8) is 0 Å². The molecule has 0 bridgehead atoms. The van der Waals surface area contributed by atoms with Crippen LogP contribution in [0.25, 0.3) is 0 Å². The van der Waals surface area contributed by atoms with Crippen molar-refractivity contribution >= 4 is 23.2 Å². The summed E-state index contributed by atoms with van der Waals surface area (Å²) in [6, 6.07) is 10.3. The standard InChI is InChI=1S/C16H16Cl2FNO/c1-10(12-3-4-14(17)15(18)7-12)20-8-11-2-5-16(19)13(6-11)9-21/h2-7,10,20-21H,8-9H2,1H3. The fourth-order valence-corrected chi connectivity index (χ4v) is 2.34. The van der Waals surface area contributed by atoms with Gasteiger partial charge in [0.05, 0.1) is 16.7 Å². The zero-order valence-electron chi connectivity index (χ0n) is 11.5. The second-order valence-electron chi connectivity index (χ2n) is 4.86. The van der Waals surface area contributed by atoms with E-state index in [1.54, 1.807) is 18.2 Å². The lowest BCUT2D eigenvalue weighted by Crippen LogP contribution is -2.18. The summed E-state index contributed by atoms with van der Waals surface area (Å²) in [6.07, 6.45) is 0. The Bertz CT molecular complexity index is 634. The first-order valence-corrected chi connectivity index (χ1v) is 7.33. The van der Waals surface area contributed by atoms with Crippen LogP contribution in [0.15, 0.2) is 36.4 Å². The molecule has 0 radical (unpaired) electrons. The first kappa shape index (κ1) is 16.2. The maximum Gasteiger partial charge on any atom is 0.128 e. The Balaban J connectivity index is 2.03. The topological polar surface area (TPSA) is 32.3 Å². The van der Waals surface area contributed by atoms with Gasteiger partial charge in [0.2, 0.25) is 0 Å². The van der Waals surface area contributed by atoms with Crippen LogP contribution in [0, 0.1) is 5.82 Å². The Morgan fingerprint density at radius 3 is 2.57 bits per heavy atom. The fraction of sp³-hybridized carbons (Fsp3) is 0.250. The molecule has 0 saturated carbocycles. The molecule has 2 N–H and O–H groups in total. The summed E-state index contributed by atoms with van der Waals surface area (Å²) in [5.74, 6) is -0.390. The van der Waals surface area contributed by atoms with Gasteiger partial charge in [-0.3, -0.25) is 0 Å². The second kappa shape index (κ2) is 7.23. The average molecular weight is 328 g/mol. The molecule has 0 aliphatic rings. The van der Waals surface area contributed by atoms with Gasteiger partial charge in [-0.2, -0.15) is 0 Å². The van der Waals surface area contributed by atoms with Gasteiger partial charge in [-0.25, -0.2) is 4.39 Å². The number of hydrogen-bond donors (Lipinski definition) is 2. The predicted molar refractivity (Wildman–Crippen MR) is 84.0 cm³/mol. The van der Waals surface area contributed by atoms with Crippen molar-refractivity contribution in [3.8, 4) is 0 Å². The monoisotopic (exact) mass is 327 g/mol. The smallest absolute Gasteiger partial charge is 0.128 e. The van der Waals surface area contributed by atoms with E-state index in [4.69, 9.17) is 28.3 Å². The molecule has 5 heteroatoms. The Labute approximate surface area is 133 Å². The summed E-state index contributed by atoms with van der Waals surface area (Å²) in [5.41, 5.74) is 2.23. The van der Waals surface area contributed by atoms with E-state index in [1.807, 2.05) is 19.1 Å². The number of benzene rings is 2. The van der Waals surface area contributed by atoms with E-state index in [-0.39, 0.29) is 12.6 Å². The van der Waals surface area contributed by atoms with Crippen molar-refractivity contribution in [2.45, 2.75) is 26.1 Å². The number of halogens is 3. The summed E-state index contributed by atoms with van der Waals surface area (Å²) < 4.78 is 13.3. The van der Waals surface area contributed by atoms with E-state index in [9.17, 15) is 4.39 Å². The minimum atomic E-state index is -0.390. The summed E-state index contributed by atoms with van der Waals surface area (Å²) in [6.45, 7) is 2.27. The van der Waals surface area contributed by atoms with Crippen molar-refractivity contribution in [3.05, 3.63) is 69.0 Å². The van der Waals surface area contributed by atoms with Crippen molar-refractivity contribution in [2.24, 2.45) is 0 Å². The molecule has 0 aliphatic carbocycles. The maximum absolute atomic E-state index is 13.3. The first-order valence-electron chi connectivity index (χ1n) is 6.57. The maximum atomic E-state index is 13.3. The second-order valence-corrected chi connectivity index (χ2v) is 5.67. The highest BCUT2D eigenvalue weighted by molar-refractivity contribution is 6.42. The van der Waals surface area contributed by atoms with Crippen LogP contribution in [-0.4, -0.2) is 5.11 Å². The molecule has 2 aromatic rings. The Morgan fingerprint density at radius 2 is 1.90 bits per heavy atom. The van der Waals surface area contributed by atoms with Crippen LogP contribution >= 0.6 is 23.2 Å². The SMILES string of the molecule is CC(NCc1ccc(F)c(CO)c1)c1ccc(Cl)c(Cl)c1. The van der Waals surface area contributed by atoms with Gasteiger partial charge in [0.1, 0.15) is 5.82 Å². The van der Waals surface area contributed by atoms with Crippen LogP contribution in [0.1, 0.15) is 29.7 Å². The summed E-state index contributed by atoms with van der Waals surface area (Å²) in [7, 11) is 0. The van der Waals surface area contributed by atoms with Gasteiger partial charge >= 0.3 is 0 Å². The highest BCUT2D eigenvalue weighted by Gasteiger charge is 2.08. The van der Waals surface area contributed by atoms with Crippen LogP contribution in [-0.2, 0) is 13.2 Å².